The fourth-order valence-electron chi connectivity index (χ4n) is 1.80. The molecule has 0 aromatic heterocycles. The molecule has 1 saturated heterocycles. The van der Waals surface area contributed by atoms with Gasteiger partial charge in [0, 0.05) is 20.1 Å². The third-order valence-electron chi connectivity index (χ3n) is 2.79. The Morgan fingerprint density at radius 1 is 1.24 bits per heavy atom. The van der Waals surface area contributed by atoms with Crippen molar-refractivity contribution in [3.05, 3.63) is 29.8 Å². The van der Waals surface area contributed by atoms with Crippen molar-refractivity contribution in [1.29, 1.82) is 5.26 Å². The molecule has 1 aliphatic heterocycles. The lowest BCUT2D eigenvalue weighted by atomic mass is 10.2. The molecule has 0 atom stereocenters. The van der Waals surface area contributed by atoms with Gasteiger partial charge in [0.1, 0.15) is 0 Å². The Morgan fingerprint density at radius 3 is 2.47 bits per heavy atom. The number of hydrogen-bond donors (Lipinski definition) is 0. The van der Waals surface area contributed by atoms with Crippen LogP contribution in [-0.4, -0.2) is 32.9 Å². The maximum atomic E-state index is 12.1. The van der Waals surface area contributed by atoms with Gasteiger partial charge in [0.15, 0.2) is 0 Å². The Morgan fingerprint density at radius 2 is 1.88 bits per heavy atom. The second-order valence-corrected chi connectivity index (χ2v) is 5.87. The maximum Gasteiger partial charge on any atom is 0.303 e. The summed E-state index contributed by atoms with van der Waals surface area (Å²) in [5.74, 6) is 0. The van der Waals surface area contributed by atoms with Crippen molar-refractivity contribution in [3.63, 3.8) is 0 Å². The Kier molecular flexibility index (Phi) is 3.05. The van der Waals surface area contributed by atoms with E-state index in [9.17, 15) is 8.42 Å². The molecule has 1 heterocycles. The first-order valence-electron chi connectivity index (χ1n) is 5.30. The van der Waals surface area contributed by atoms with Gasteiger partial charge in [-0.15, -0.1) is 0 Å². The number of nitriles is 1. The van der Waals surface area contributed by atoms with E-state index in [4.69, 9.17) is 5.26 Å². The molecule has 0 unspecified atom stereocenters. The van der Waals surface area contributed by atoms with Crippen LogP contribution in [0.4, 0.5) is 5.69 Å². The quantitative estimate of drug-likeness (QED) is 0.746. The van der Waals surface area contributed by atoms with Crippen LogP contribution in [0, 0.1) is 11.3 Å². The number of hydrogen-bond acceptors (Lipinski definition) is 3. The van der Waals surface area contributed by atoms with Gasteiger partial charge in [0.2, 0.25) is 0 Å². The molecule has 1 aromatic rings. The number of anilines is 1. The van der Waals surface area contributed by atoms with Gasteiger partial charge in [-0.25, -0.2) is 0 Å². The highest BCUT2D eigenvalue weighted by molar-refractivity contribution is 7.90. The fraction of sp³-hybridized carbons (Fsp3) is 0.364. The number of rotatable bonds is 1. The van der Waals surface area contributed by atoms with E-state index in [2.05, 4.69) is 0 Å². The maximum absolute atomic E-state index is 12.1. The number of nitrogens with zero attached hydrogens (tertiary/aromatic N) is 3. The van der Waals surface area contributed by atoms with Crippen LogP contribution in [0.25, 0.3) is 0 Å². The van der Waals surface area contributed by atoms with E-state index in [0.29, 0.717) is 24.3 Å². The Labute approximate surface area is 101 Å². The van der Waals surface area contributed by atoms with Gasteiger partial charge in [-0.2, -0.15) is 18.0 Å². The molecule has 0 N–H and O–H groups in total. The van der Waals surface area contributed by atoms with Gasteiger partial charge in [-0.3, -0.25) is 4.31 Å². The minimum Gasteiger partial charge on any atom is -0.258 e. The van der Waals surface area contributed by atoms with E-state index in [1.165, 1.54) is 8.61 Å². The van der Waals surface area contributed by atoms with Crippen molar-refractivity contribution in [2.45, 2.75) is 6.42 Å². The van der Waals surface area contributed by atoms with E-state index in [1.807, 2.05) is 6.07 Å². The monoisotopic (exact) mass is 251 g/mol. The lowest BCUT2D eigenvalue weighted by Crippen LogP contribution is -2.47. The molecular weight excluding hydrogens is 238 g/mol. The summed E-state index contributed by atoms with van der Waals surface area (Å²) in [5, 5.41) is 8.69. The van der Waals surface area contributed by atoms with Crippen molar-refractivity contribution in [2.75, 3.05) is 24.4 Å². The SMILES string of the molecule is CN1CCCN(c2ccc(C#N)cc2)S1(=O)=O. The number of benzene rings is 1. The van der Waals surface area contributed by atoms with Gasteiger partial charge in [0.25, 0.3) is 0 Å². The fourth-order valence-corrected chi connectivity index (χ4v) is 3.24. The smallest absolute Gasteiger partial charge is 0.258 e. The summed E-state index contributed by atoms with van der Waals surface area (Å²) in [6.45, 7) is 1.04. The predicted octanol–water partition coefficient (Wildman–Crippen LogP) is 0.945. The minimum absolute atomic E-state index is 0.485. The summed E-state index contributed by atoms with van der Waals surface area (Å²) in [5.41, 5.74) is 1.13. The minimum atomic E-state index is -3.39. The summed E-state index contributed by atoms with van der Waals surface area (Å²) in [7, 11) is -1.82. The zero-order chi connectivity index (χ0) is 12.5. The molecule has 1 fully saturated rings. The second-order valence-electron chi connectivity index (χ2n) is 3.91. The highest BCUT2D eigenvalue weighted by atomic mass is 32.2. The molecule has 0 spiro atoms. The molecule has 2 rings (SSSR count). The molecule has 90 valence electrons. The van der Waals surface area contributed by atoms with Crippen molar-refractivity contribution >= 4 is 15.9 Å². The molecule has 0 bridgehead atoms. The van der Waals surface area contributed by atoms with Gasteiger partial charge < -0.3 is 0 Å². The molecule has 5 nitrogen and oxygen atoms in total. The Balaban J connectivity index is 2.36. The van der Waals surface area contributed by atoms with E-state index in [1.54, 1.807) is 31.3 Å². The van der Waals surface area contributed by atoms with Crippen LogP contribution in [-0.2, 0) is 10.2 Å². The third kappa shape index (κ3) is 2.12. The van der Waals surface area contributed by atoms with Crippen LogP contribution in [0.3, 0.4) is 0 Å². The molecule has 1 aliphatic rings. The molecular formula is C11H13N3O2S. The molecule has 0 amide bonds. The molecule has 6 heteroatoms. The molecule has 1 aromatic carbocycles. The molecule has 0 saturated carbocycles. The molecule has 0 radical (unpaired) electrons. The highest BCUT2D eigenvalue weighted by Gasteiger charge is 2.30. The second kappa shape index (κ2) is 4.35. The van der Waals surface area contributed by atoms with Gasteiger partial charge in [-0.05, 0) is 30.7 Å². The zero-order valence-corrected chi connectivity index (χ0v) is 10.3. The standard InChI is InChI=1S/C11H13N3O2S/c1-13-7-2-8-14(17(13,15)16)11-5-3-10(9-12)4-6-11/h3-6H,2,7-8H2,1H3. The first-order chi connectivity index (χ1) is 8.05. The zero-order valence-electron chi connectivity index (χ0n) is 9.50. The van der Waals surface area contributed by atoms with E-state index in [-0.39, 0.29) is 0 Å². The summed E-state index contributed by atoms with van der Waals surface area (Å²) >= 11 is 0. The summed E-state index contributed by atoms with van der Waals surface area (Å²) in [6.07, 6.45) is 0.801. The van der Waals surface area contributed by atoms with Crippen molar-refractivity contribution in [1.82, 2.24) is 4.31 Å². The van der Waals surface area contributed by atoms with Gasteiger partial charge in [-0.1, -0.05) is 0 Å². The van der Waals surface area contributed by atoms with Crippen LogP contribution in [0.5, 0.6) is 0 Å². The molecule has 17 heavy (non-hydrogen) atoms. The first kappa shape index (κ1) is 11.9. The first-order valence-corrected chi connectivity index (χ1v) is 6.69. The topological polar surface area (TPSA) is 64.4 Å². The van der Waals surface area contributed by atoms with E-state index >= 15 is 0 Å². The van der Waals surface area contributed by atoms with Crippen molar-refractivity contribution in [2.24, 2.45) is 0 Å². The summed E-state index contributed by atoms with van der Waals surface area (Å²) < 4.78 is 26.8. The van der Waals surface area contributed by atoms with Crippen LogP contribution in [0.2, 0.25) is 0 Å². The van der Waals surface area contributed by atoms with Crippen LogP contribution in [0.15, 0.2) is 24.3 Å². The van der Waals surface area contributed by atoms with E-state index in [0.717, 1.165) is 6.42 Å². The normalized spacial score (nSPS) is 19.9. The van der Waals surface area contributed by atoms with Crippen LogP contribution in [0.1, 0.15) is 12.0 Å². The van der Waals surface area contributed by atoms with Crippen molar-refractivity contribution < 1.29 is 8.42 Å². The van der Waals surface area contributed by atoms with Crippen LogP contribution < -0.4 is 4.31 Å². The Hall–Kier alpha value is -1.58. The predicted molar refractivity (Wildman–Crippen MR) is 64.7 cm³/mol. The Bertz CT molecular complexity index is 545. The highest BCUT2D eigenvalue weighted by Crippen LogP contribution is 2.23. The molecule has 0 aliphatic carbocycles. The average Bonchev–Trinajstić information content (AvgIpc) is 2.33. The average molecular weight is 251 g/mol. The summed E-state index contributed by atoms with van der Waals surface area (Å²) in [4.78, 5) is 0. The lowest BCUT2D eigenvalue weighted by molar-refractivity contribution is 0.438. The van der Waals surface area contributed by atoms with Gasteiger partial charge >= 0.3 is 10.2 Å². The van der Waals surface area contributed by atoms with Gasteiger partial charge in [0.05, 0.1) is 17.3 Å². The summed E-state index contributed by atoms with van der Waals surface area (Å²) in [6, 6.07) is 8.58. The third-order valence-corrected chi connectivity index (χ3v) is 4.71. The van der Waals surface area contributed by atoms with Crippen LogP contribution >= 0.6 is 0 Å². The lowest BCUT2D eigenvalue weighted by Gasteiger charge is -2.33. The van der Waals surface area contributed by atoms with E-state index < -0.39 is 10.2 Å². The largest absolute Gasteiger partial charge is 0.303 e. The van der Waals surface area contributed by atoms with Crippen molar-refractivity contribution in [3.8, 4) is 6.07 Å².